The minimum Gasteiger partial charge on any atom is -0.748 e. The third kappa shape index (κ3) is 7.95. The first-order valence-corrected chi connectivity index (χ1v) is 8.85. The molecule has 0 bridgehead atoms. The van der Waals surface area contributed by atoms with Gasteiger partial charge in [0.05, 0.1) is 42.9 Å². The summed E-state index contributed by atoms with van der Waals surface area (Å²) in [4.78, 5) is 10.6. The number of esters is 1. The van der Waals surface area contributed by atoms with E-state index in [2.05, 4.69) is 10.1 Å². The Bertz CT molecular complexity index is 489. The lowest BCUT2D eigenvalue weighted by Crippen LogP contribution is -2.59. The number of carbonyl (C=O) groups is 1. The molecule has 0 spiro atoms. The Morgan fingerprint density at radius 1 is 1.17 bits per heavy atom. The summed E-state index contributed by atoms with van der Waals surface area (Å²) >= 11 is 0. The number of alkyl halides is 3. The zero-order valence-electron chi connectivity index (χ0n) is 12.6. The van der Waals surface area contributed by atoms with Crippen molar-refractivity contribution in [2.24, 2.45) is 0 Å². The van der Waals surface area contributed by atoms with Crippen LogP contribution in [0.25, 0.3) is 0 Å². The number of nitrogens with one attached hydrogen (secondary N) is 1. The first-order chi connectivity index (χ1) is 10.5. The molecular weight excluding hydrogens is 341 g/mol. The van der Waals surface area contributed by atoms with Gasteiger partial charge in [0.2, 0.25) is 0 Å². The summed E-state index contributed by atoms with van der Waals surface area (Å²) in [5.41, 5.74) is 0. The summed E-state index contributed by atoms with van der Waals surface area (Å²) in [6.07, 6.45) is -4.55. The lowest BCUT2D eigenvalue weighted by atomic mass is 10.2. The van der Waals surface area contributed by atoms with Gasteiger partial charge in [-0.15, -0.1) is 0 Å². The third-order valence-corrected chi connectivity index (χ3v) is 4.58. The van der Waals surface area contributed by atoms with Gasteiger partial charge in [-0.2, -0.15) is 13.2 Å². The quantitative estimate of drug-likeness (QED) is 0.279. The molecular formula is C12H21F3N2O5S. The van der Waals surface area contributed by atoms with Crippen LogP contribution in [0, 0.1) is 0 Å². The molecule has 0 saturated carbocycles. The number of halogens is 3. The molecule has 1 aliphatic rings. The van der Waals surface area contributed by atoms with Gasteiger partial charge in [-0.3, -0.25) is 0 Å². The minimum absolute atomic E-state index is 0.203. The zero-order valence-corrected chi connectivity index (χ0v) is 13.4. The second kappa shape index (κ2) is 8.27. The number of ether oxygens (including phenoxy) is 1. The fourth-order valence-corrected chi connectivity index (χ4v) is 3.13. The smallest absolute Gasteiger partial charge is 0.490 e. The fraction of sp³-hybridized carbons (Fsp3) is 0.917. The van der Waals surface area contributed by atoms with Crippen LogP contribution < -0.4 is 5.32 Å². The summed E-state index contributed by atoms with van der Waals surface area (Å²) in [6.45, 7) is 3.35. The molecule has 11 heteroatoms. The van der Waals surface area contributed by atoms with Crippen molar-refractivity contribution >= 4 is 16.1 Å². The predicted octanol–water partition coefficient (Wildman–Crippen LogP) is -0.163. The molecule has 136 valence electrons. The van der Waals surface area contributed by atoms with Crippen molar-refractivity contribution in [3.05, 3.63) is 0 Å². The van der Waals surface area contributed by atoms with E-state index >= 15 is 0 Å². The Kier molecular flexibility index (Phi) is 7.24. The van der Waals surface area contributed by atoms with E-state index in [1.165, 1.54) is 0 Å². The van der Waals surface area contributed by atoms with Crippen molar-refractivity contribution in [2.45, 2.75) is 19.0 Å². The van der Waals surface area contributed by atoms with E-state index in [1.807, 2.05) is 0 Å². The number of hydrogen-bond donors (Lipinski definition) is 1. The highest BCUT2D eigenvalue weighted by Crippen LogP contribution is 2.17. The average molecular weight is 362 g/mol. The van der Waals surface area contributed by atoms with Crippen LogP contribution in [0.4, 0.5) is 13.2 Å². The lowest BCUT2D eigenvalue weighted by Gasteiger charge is -2.42. The van der Waals surface area contributed by atoms with E-state index in [0.29, 0.717) is 43.8 Å². The van der Waals surface area contributed by atoms with Crippen molar-refractivity contribution in [3.8, 4) is 0 Å². The molecule has 23 heavy (non-hydrogen) atoms. The number of piperazine rings is 1. The Balaban J connectivity index is 2.43. The minimum atomic E-state index is -5.00. The topological polar surface area (TPSA) is 95.5 Å². The molecule has 0 aliphatic carbocycles. The Morgan fingerprint density at radius 3 is 2.26 bits per heavy atom. The maximum atomic E-state index is 12.0. The third-order valence-electron chi connectivity index (χ3n) is 3.79. The van der Waals surface area contributed by atoms with Gasteiger partial charge in [0.25, 0.3) is 0 Å². The Morgan fingerprint density at radius 2 is 1.74 bits per heavy atom. The highest BCUT2D eigenvalue weighted by atomic mass is 32.2. The highest BCUT2D eigenvalue weighted by molar-refractivity contribution is 7.85. The Labute approximate surface area is 133 Å². The highest BCUT2D eigenvalue weighted by Gasteiger charge is 2.41. The van der Waals surface area contributed by atoms with Gasteiger partial charge in [-0.1, -0.05) is 0 Å². The SMILES string of the molecule is O=C(OCCC[N+]1(CCCS(=O)(=O)[O-])CCNCC1)C(F)(F)F. The van der Waals surface area contributed by atoms with Gasteiger partial charge in [0.1, 0.15) is 0 Å². The maximum Gasteiger partial charge on any atom is 0.490 e. The summed E-state index contributed by atoms with van der Waals surface area (Å²) in [6, 6.07) is 0. The van der Waals surface area contributed by atoms with Crippen molar-refractivity contribution < 1.29 is 40.2 Å². The maximum absolute atomic E-state index is 12.0. The van der Waals surface area contributed by atoms with Crippen LogP contribution >= 0.6 is 0 Å². The molecule has 1 heterocycles. The summed E-state index contributed by atoms with van der Waals surface area (Å²) in [5, 5.41) is 3.14. The summed E-state index contributed by atoms with van der Waals surface area (Å²) < 4.78 is 72.7. The molecule has 1 aliphatic heterocycles. The second-order valence-corrected chi connectivity index (χ2v) is 7.11. The average Bonchev–Trinajstić information content (AvgIpc) is 2.42. The van der Waals surface area contributed by atoms with Gasteiger partial charge < -0.3 is 19.1 Å². The molecule has 0 aromatic rings. The van der Waals surface area contributed by atoms with E-state index in [9.17, 15) is 30.9 Å². The van der Waals surface area contributed by atoms with Crippen LogP contribution in [0.5, 0.6) is 0 Å². The van der Waals surface area contributed by atoms with E-state index in [1.54, 1.807) is 0 Å². The molecule has 0 unspecified atom stereocenters. The lowest BCUT2D eigenvalue weighted by molar-refractivity contribution is -0.929. The van der Waals surface area contributed by atoms with Gasteiger partial charge in [-0.25, -0.2) is 13.2 Å². The molecule has 1 fully saturated rings. The molecule has 1 saturated heterocycles. The first kappa shape index (κ1) is 20.1. The second-order valence-electron chi connectivity index (χ2n) is 5.59. The van der Waals surface area contributed by atoms with E-state index in [4.69, 9.17) is 0 Å². The van der Waals surface area contributed by atoms with Crippen molar-refractivity contribution in [1.82, 2.24) is 5.32 Å². The van der Waals surface area contributed by atoms with Crippen LogP contribution in [0.1, 0.15) is 12.8 Å². The standard InChI is InChI=1S/C12H21F3N2O5S/c13-12(14,15)11(18)22-9-1-5-17(7-3-16-4-8-17)6-2-10-23(19,20)21/h16H,1-10H2. The van der Waals surface area contributed by atoms with Crippen molar-refractivity contribution in [1.29, 1.82) is 0 Å². The van der Waals surface area contributed by atoms with Crippen LogP contribution in [-0.4, -0.2) is 81.2 Å². The van der Waals surface area contributed by atoms with Gasteiger partial charge in [0.15, 0.2) is 0 Å². The van der Waals surface area contributed by atoms with Gasteiger partial charge in [-0.05, 0) is 0 Å². The largest absolute Gasteiger partial charge is 0.748 e. The van der Waals surface area contributed by atoms with E-state index < -0.39 is 28.0 Å². The molecule has 7 nitrogen and oxygen atoms in total. The zero-order chi connectivity index (χ0) is 17.6. The van der Waals surface area contributed by atoms with Gasteiger partial charge in [0, 0.05) is 31.7 Å². The van der Waals surface area contributed by atoms with E-state index in [0.717, 1.165) is 0 Å². The normalized spacial score (nSPS) is 18.6. The molecule has 1 rings (SSSR count). The van der Waals surface area contributed by atoms with Crippen LogP contribution in [0.3, 0.4) is 0 Å². The fourth-order valence-electron chi connectivity index (χ4n) is 2.65. The van der Waals surface area contributed by atoms with Crippen LogP contribution in [-0.2, 0) is 19.6 Å². The summed E-state index contributed by atoms with van der Waals surface area (Å²) in [5.74, 6) is -2.66. The van der Waals surface area contributed by atoms with Crippen LogP contribution in [0.2, 0.25) is 0 Å². The summed E-state index contributed by atoms with van der Waals surface area (Å²) in [7, 11) is -4.27. The molecule has 0 aromatic heterocycles. The number of hydrogen-bond acceptors (Lipinski definition) is 6. The number of rotatable bonds is 8. The number of quaternary nitrogens is 1. The molecule has 0 radical (unpaired) electrons. The molecule has 0 atom stereocenters. The molecule has 0 aromatic carbocycles. The monoisotopic (exact) mass is 362 g/mol. The van der Waals surface area contributed by atoms with Crippen molar-refractivity contribution in [3.63, 3.8) is 0 Å². The number of carbonyl (C=O) groups excluding carboxylic acids is 1. The number of nitrogens with zero attached hydrogens (tertiary/aromatic N) is 1. The van der Waals surface area contributed by atoms with Gasteiger partial charge >= 0.3 is 12.1 Å². The van der Waals surface area contributed by atoms with E-state index in [-0.39, 0.29) is 19.4 Å². The first-order valence-electron chi connectivity index (χ1n) is 7.27. The Hall–Kier alpha value is -0.910. The molecule has 0 amide bonds. The van der Waals surface area contributed by atoms with Crippen molar-refractivity contribution in [2.75, 3.05) is 51.6 Å². The molecule has 1 N–H and O–H groups in total. The van der Waals surface area contributed by atoms with Crippen LogP contribution in [0.15, 0.2) is 0 Å². The predicted molar refractivity (Wildman–Crippen MR) is 73.4 cm³/mol.